The van der Waals surface area contributed by atoms with Crippen molar-refractivity contribution in [2.24, 2.45) is 5.92 Å². The molecule has 0 bridgehead atoms. The maximum absolute atomic E-state index is 12.9. The maximum atomic E-state index is 12.9. The third-order valence-corrected chi connectivity index (χ3v) is 7.60. The summed E-state index contributed by atoms with van der Waals surface area (Å²) in [5, 5.41) is 3.13. The van der Waals surface area contributed by atoms with Crippen LogP contribution in [0.1, 0.15) is 18.4 Å². The van der Waals surface area contributed by atoms with Crippen molar-refractivity contribution in [2.75, 3.05) is 18.4 Å². The van der Waals surface area contributed by atoms with E-state index in [0.29, 0.717) is 12.8 Å². The van der Waals surface area contributed by atoms with Crippen LogP contribution in [0.15, 0.2) is 47.4 Å². The minimum Gasteiger partial charge on any atom is -0.326 e. The summed E-state index contributed by atoms with van der Waals surface area (Å²) < 4.78 is 27.1. The van der Waals surface area contributed by atoms with E-state index in [0.717, 1.165) is 11.3 Å². The first-order chi connectivity index (χ1) is 12.8. The van der Waals surface area contributed by atoms with E-state index in [4.69, 9.17) is 23.2 Å². The highest BCUT2D eigenvalue weighted by atomic mass is 35.5. The molecule has 1 heterocycles. The van der Waals surface area contributed by atoms with Gasteiger partial charge in [0.15, 0.2) is 0 Å². The van der Waals surface area contributed by atoms with Gasteiger partial charge < -0.3 is 5.32 Å². The van der Waals surface area contributed by atoms with Crippen LogP contribution in [0.3, 0.4) is 0 Å². The lowest BCUT2D eigenvalue weighted by Gasteiger charge is -2.31. The highest BCUT2D eigenvalue weighted by Crippen LogP contribution is 2.33. The van der Waals surface area contributed by atoms with Gasteiger partial charge in [0.2, 0.25) is 15.9 Å². The summed E-state index contributed by atoms with van der Waals surface area (Å²) in [6, 6.07) is 12.2. The lowest BCUT2D eigenvalue weighted by Crippen LogP contribution is -2.41. The highest BCUT2D eigenvalue weighted by molar-refractivity contribution is 7.89. The van der Waals surface area contributed by atoms with E-state index in [1.165, 1.54) is 16.4 Å². The van der Waals surface area contributed by atoms with Gasteiger partial charge in [0.25, 0.3) is 0 Å². The minimum atomic E-state index is -3.80. The number of hydrogen-bond donors (Lipinski definition) is 1. The van der Waals surface area contributed by atoms with Crippen LogP contribution in [0.25, 0.3) is 0 Å². The molecule has 0 radical (unpaired) electrons. The molecule has 2 aromatic carbocycles. The van der Waals surface area contributed by atoms with E-state index in [-0.39, 0.29) is 39.9 Å². The summed E-state index contributed by atoms with van der Waals surface area (Å²) in [5.74, 6) is -0.324. The monoisotopic (exact) mass is 426 g/mol. The molecule has 0 aromatic heterocycles. The number of amides is 1. The van der Waals surface area contributed by atoms with Crippen LogP contribution >= 0.6 is 23.2 Å². The number of carbonyl (C=O) groups excluding carboxylic acids is 1. The Kier molecular flexibility index (Phi) is 6.11. The molecule has 1 aliphatic rings. The van der Waals surface area contributed by atoms with E-state index in [2.05, 4.69) is 5.32 Å². The summed E-state index contributed by atoms with van der Waals surface area (Å²) >= 11 is 12.1. The van der Waals surface area contributed by atoms with Crippen LogP contribution in [0.4, 0.5) is 5.69 Å². The second kappa shape index (κ2) is 8.19. The molecule has 0 spiro atoms. The molecule has 1 fully saturated rings. The predicted octanol–water partition coefficient (Wildman–Crippen LogP) is 4.34. The molecule has 8 heteroatoms. The number of hydrogen-bond acceptors (Lipinski definition) is 3. The van der Waals surface area contributed by atoms with Crippen LogP contribution < -0.4 is 5.32 Å². The second-order valence-electron chi connectivity index (χ2n) is 6.53. The van der Waals surface area contributed by atoms with Crippen molar-refractivity contribution >= 4 is 44.8 Å². The molecule has 1 saturated heterocycles. The van der Waals surface area contributed by atoms with E-state index >= 15 is 0 Å². The SMILES string of the molecule is Cc1ccccc1NC(=O)C1CCN(S(=O)(=O)c2c(Cl)cccc2Cl)CC1. The average Bonchev–Trinajstić information content (AvgIpc) is 2.63. The van der Waals surface area contributed by atoms with Crippen LogP contribution in [0.5, 0.6) is 0 Å². The smallest absolute Gasteiger partial charge is 0.246 e. The molecule has 27 heavy (non-hydrogen) atoms. The Morgan fingerprint density at radius 3 is 2.22 bits per heavy atom. The molecule has 1 N–H and O–H groups in total. The lowest BCUT2D eigenvalue weighted by atomic mass is 9.97. The number of carbonyl (C=O) groups is 1. The summed E-state index contributed by atoms with van der Waals surface area (Å²) in [5.41, 5.74) is 1.76. The molecule has 0 saturated carbocycles. The van der Waals surface area contributed by atoms with Crippen molar-refractivity contribution in [3.8, 4) is 0 Å². The molecule has 144 valence electrons. The van der Waals surface area contributed by atoms with Crippen LogP contribution in [-0.4, -0.2) is 31.7 Å². The number of benzene rings is 2. The number of halogens is 2. The Hall–Kier alpha value is -1.60. The number of para-hydroxylation sites is 1. The first-order valence-corrected chi connectivity index (χ1v) is 10.8. The molecule has 3 rings (SSSR count). The number of piperidine rings is 1. The van der Waals surface area contributed by atoms with Crippen molar-refractivity contribution in [2.45, 2.75) is 24.7 Å². The number of anilines is 1. The fraction of sp³-hybridized carbons (Fsp3) is 0.316. The number of aryl methyl sites for hydroxylation is 1. The third-order valence-electron chi connectivity index (χ3n) is 4.74. The zero-order chi connectivity index (χ0) is 19.6. The Labute approximate surface area is 169 Å². The Bertz CT molecular complexity index is 935. The third kappa shape index (κ3) is 4.29. The molecule has 1 aliphatic heterocycles. The van der Waals surface area contributed by atoms with Gasteiger partial charge in [-0.2, -0.15) is 4.31 Å². The number of nitrogens with one attached hydrogen (secondary N) is 1. The summed E-state index contributed by atoms with van der Waals surface area (Å²) in [4.78, 5) is 12.5. The summed E-state index contributed by atoms with van der Waals surface area (Å²) in [6.07, 6.45) is 0.887. The molecule has 2 aromatic rings. The summed E-state index contributed by atoms with van der Waals surface area (Å²) in [6.45, 7) is 2.42. The lowest BCUT2D eigenvalue weighted by molar-refractivity contribution is -0.120. The zero-order valence-electron chi connectivity index (χ0n) is 14.8. The Balaban J connectivity index is 1.68. The molecular formula is C19H20Cl2N2O3S. The largest absolute Gasteiger partial charge is 0.326 e. The molecule has 0 atom stereocenters. The number of sulfonamides is 1. The minimum absolute atomic E-state index is 0.0730. The van der Waals surface area contributed by atoms with Gasteiger partial charge in [0.05, 0.1) is 10.0 Å². The van der Waals surface area contributed by atoms with Gasteiger partial charge >= 0.3 is 0 Å². The topological polar surface area (TPSA) is 66.5 Å². The van der Waals surface area contributed by atoms with E-state index < -0.39 is 10.0 Å². The Morgan fingerprint density at radius 1 is 1.04 bits per heavy atom. The van der Waals surface area contributed by atoms with Crippen LogP contribution in [0.2, 0.25) is 10.0 Å². The maximum Gasteiger partial charge on any atom is 0.246 e. The van der Waals surface area contributed by atoms with Crippen LogP contribution in [0, 0.1) is 12.8 Å². The summed E-state index contributed by atoms with van der Waals surface area (Å²) in [7, 11) is -3.80. The van der Waals surface area contributed by atoms with Crippen molar-refractivity contribution in [1.29, 1.82) is 0 Å². The molecule has 0 unspecified atom stereocenters. The van der Waals surface area contributed by atoms with Gasteiger partial charge in [0, 0.05) is 24.7 Å². The van der Waals surface area contributed by atoms with E-state index in [9.17, 15) is 13.2 Å². The fourth-order valence-corrected chi connectivity index (χ4v) is 5.73. The van der Waals surface area contributed by atoms with Gasteiger partial charge in [-0.1, -0.05) is 47.5 Å². The van der Waals surface area contributed by atoms with Gasteiger partial charge in [-0.25, -0.2) is 8.42 Å². The molecule has 0 aliphatic carbocycles. The molecule has 1 amide bonds. The van der Waals surface area contributed by atoms with Crippen molar-refractivity contribution < 1.29 is 13.2 Å². The van der Waals surface area contributed by atoms with E-state index in [1.807, 2.05) is 31.2 Å². The number of nitrogens with zero attached hydrogens (tertiary/aromatic N) is 1. The molecule has 5 nitrogen and oxygen atoms in total. The first-order valence-electron chi connectivity index (χ1n) is 8.61. The first kappa shape index (κ1) is 20.1. The van der Waals surface area contributed by atoms with Crippen molar-refractivity contribution in [3.05, 3.63) is 58.1 Å². The van der Waals surface area contributed by atoms with Gasteiger partial charge in [-0.3, -0.25) is 4.79 Å². The van der Waals surface area contributed by atoms with Crippen molar-refractivity contribution in [3.63, 3.8) is 0 Å². The van der Waals surface area contributed by atoms with Gasteiger partial charge in [-0.05, 0) is 43.5 Å². The standard InChI is InChI=1S/C19H20Cl2N2O3S/c1-13-5-2-3-8-17(13)22-19(24)14-9-11-23(12-10-14)27(25,26)18-15(20)6-4-7-16(18)21/h2-8,14H,9-12H2,1H3,(H,22,24). The average molecular weight is 427 g/mol. The quantitative estimate of drug-likeness (QED) is 0.790. The highest BCUT2D eigenvalue weighted by Gasteiger charge is 2.34. The normalized spacial score (nSPS) is 16.3. The van der Waals surface area contributed by atoms with Crippen LogP contribution in [-0.2, 0) is 14.8 Å². The second-order valence-corrected chi connectivity index (χ2v) is 9.22. The number of rotatable bonds is 4. The van der Waals surface area contributed by atoms with Gasteiger partial charge in [0.1, 0.15) is 4.90 Å². The van der Waals surface area contributed by atoms with E-state index in [1.54, 1.807) is 6.07 Å². The molecular weight excluding hydrogens is 407 g/mol. The Morgan fingerprint density at radius 2 is 1.63 bits per heavy atom. The predicted molar refractivity (Wildman–Crippen MR) is 108 cm³/mol. The fourth-order valence-electron chi connectivity index (χ4n) is 3.16. The van der Waals surface area contributed by atoms with Gasteiger partial charge in [-0.15, -0.1) is 0 Å². The zero-order valence-corrected chi connectivity index (χ0v) is 17.1. The van der Waals surface area contributed by atoms with Crippen molar-refractivity contribution in [1.82, 2.24) is 4.31 Å².